The molecule has 0 aliphatic heterocycles. The Kier molecular flexibility index (Phi) is 9.29. The van der Waals surface area contributed by atoms with E-state index in [0.29, 0.717) is 13.2 Å². The van der Waals surface area contributed by atoms with E-state index in [-0.39, 0.29) is 0 Å². The number of rotatable bonds is 9. The third kappa shape index (κ3) is 8.35. The van der Waals surface area contributed by atoms with Crippen LogP contribution >= 0.6 is 0 Å². The SMILES string of the molecule is CCCCNC(=NCc1ccc(C)cc1)NCCOCC. The van der Waals surface area contributed by atoms with Crippen molar-refractivity contribution < 1.29 is 4.74 Å². The molecule has 21 heavy (non-hydrogen) atoms. The lowest BCUT2D eigenvalue weighted by molar-refractivity contribution is 0.152. The fourth-order valence-electron chi connectivity index (χ4n) is 1.81. The lowest BCUT2D eigenvalue weighted by Crippen LogP contribution is -2.39. The fourth-order valence-corrected chi connectivity index (χ4v) is 1.81. The Balaban J connectivity index is 2.47. The van der Waals surface area contributed by atoms with E-state index >= 15 is 0 Å². The van der Waals surface area contributed by atoms with Crippen LogP contribution in [0.5, 0.6) is 0 Å². The third-order valence-corrected chi connectivity index (χ3v) is 3.11. The number of aliphatic imine (C=N–C) groups is 1. The summed E-state index contributed by atoms with van der Waals surface area (Å²) >= 11 is 0. The first-order valence-electron chi connectivity index (χ1n) is 7.91. The van der Waals surface area contributed by atoms with Crippen molar-refractivity contribution in [1.82, 2.24) is 10.6 Å². The summed E-state index contributed by atoms with van der Waals surface area (Å²) in [6, 6.07) is 8.50. The lowest BCUT2D eigenvalue weighted by Gasteiger charge is -2.12. The van der Waals surface area contributed by atoms with E-state index in [0.717, 1.165) is 32.1 Å². The van der Waals surface area contributed by atoms with Gasteiger partial charge in [-0.05, 0) is 25.8 Å². The van der Waals surface area contributed by atoms with Crippen molar-refractivity contribution in [3.8, 4) is 0 Å². The number of benzene rings is 1. The molecule has 1 rings (SSSR count). The number of hydrogen-bond donors (Lipinski definition) is 2. The van der Waals surface area contributed by atoms with E-state index in [4.69, 9.17) is 4.74 Å². The smallest absolute Gasteiger partial charge is 0.191 e. The maximum absolute atomic E-state index is 5.34. The van der Waals surface area contributed by atoms with Crippen molar-refractivity contribution in [2.24, 2.45) is 4.99 Å². The summed E-state index contributed by atoms with van der Waals surface area (Å²) in [7, 11) is 0. The van der Waals surface area contributed by atoms with E-state index in [1.807, 2.05) is 6.92 Å². The minimum absolute atomic E-state index is 0.691. The molecule has 0 unspecified atom stereocenters. The monoisotopic (exact) mass is 291 g/mol. The fraction of sp³-hybridized carbons (Fsp3) is 0.588. The number of aryl methyl sites for hydroxylation is 1. The van der Waals surface area contributed by atoms with Gasteiger partial charge in [0.15, 0.2) is 5.96 Å². The highest BCUT2D eigenvalue weighted by Crippen LogP contribution is 2.04. The van der Waals surface area contributed by atoms with Crippen molar-refractivity contribution in [3.63, 3.8) is 0 Å². The summed E-state index contributed by atoms with van der Waals surface area (Å²) in [5.74, 6) is 0.865. The maximum atomic E-state index is 5.34. The molecule has 0 spiro atoms. The third-order valence-electron chi connectivity index (χ3n) is 3.11. The van der Waals surface area contributed by atoms with Crippen LogP contribution in [0.3, 0.4) is 0 Å². The molecule has 0 saturated carbocycles. The van der Waals surface area contributed by atoms with Crippen LogP contribution in [0.1, 0.15) is 37.8 Å². The van der Waals surface area contributed by atoms with Crippen molar-refractivity contribution in [1.29, 1.82) is 0 Å². The second-order valence-corrected chi connectivity index (χ2v) is 5.05. The Bertz CT molecular complexity index is 401. The topological polar surface area (TPSA) is 45.7 Å². The number of hydrogen-bond acceptors (Lipinski definition) is 2. The molecule has 1 aromatic rings. The van der Waals surface area contributed by atoms with Gasteiger partial charge in [-0.2, -0.15) is 0 Å². The van der Waals surface area contributed by atoms with Gasteiger partial charge in [-0.3, -0.25) is 0 Å². The van der Waals surface area contributed by atoms with Crippen LogP contribution in [-0.2, 0) is 11.3 Å². The molecule has 0 bridgehead atoms. The van der Waals surface area contributed by atoms with Crippen molar-refractivity contribution >= 4 is 5.96 Å². The zero-order valence-corrected chi connectivity index (χ0v) is 13.6. The molecule has 2 N–H and O–H groups in total. The first kappa shape index (κ1) is 17.5. The zero-order chi connectivity index (χ0) is 15.3. The van der Waals surface area contributed by atoms with Crippen LogP contribution in [0.25, 0.3) is 0 Å². The normalized spacial score (nSPS) is 11.5. The molecule has 0 saturated heterocycles. The Morgan fingerprint density at radius 1 is 1.10 bits per heavy atom. The second-order valence-electron chi connectivity index (χ2n) is 5.05. The highest BCUT2D eigenvalue weighted by molar-refractivity contribution is 5.79. The molecule has 0 fully saturated rings. The molecule has 4 nitrogen and oxygen atoms in total. The van der Waals surface area contributed by atoms with Crippen LogP contribution in [0.4, 0.5) is 0 Å². The first-order valence-corrected chi connectivity index (χ1v) is 7.91. The van der Waals surface area contributed by atoms with Crippen LogP contribution in [-0.4, -0.2) is 32.3 Å². The summed E-state index contributed by atoms with van der Waals surface area (Å²) in [6.07, 6.45) is 2.33. The number of ether oxygens (including phenoxy) is 1. The standard InChI is InChI=1S/C17H29N3O/c1-4-6-11-18-17(19-12-13-21-5-2)20-14-16-9-7-15(3)8-10-16/h7-10H,4-6,11-14H2,1-3H3,(H2,18,19,20). The summed E-state index contributed by atoms with van der Waals surface area (Å²) in [6.45, 7) is 10.2. The Hall–Kier alpha value is -1.55. The van der Waals surface area contributed by atoms with E-state index in [1.165, 1.54) is 17.5 Å². The molecule has 118 valence electrons. The Labute approximate surface area is 129 Å². The lowest BCUT2D eigenvalue weighted by atomic mass is 10.1. The maximum Gasteiger partial charge on any atom is 0.191 e. The average Bonchev–Trinajstić information content (AvgIpc) is 2.50. The summed E-state index contributed by atoms with van der Waals surface area (Å²) in [5.41, 5.74) is 2.50. The van der Waals surface area contributed by atoms with Gasteiger partial charge < -0.3 is 15.4 Å². The van der Waals surface area contributed by atoms with E-state index in [1.54, 1.807) is 0 Å². The van der Waals surface area contributed by atoms with Crippen molar-refractivity contribution in [2.45, 2.75) is 40.2 Å². The Morgan fingerprint density at radius 3 is 2.48 bits per heavy atom. The largest absolute Gasteiger partial charge is 0.380 e. The number of guanidine groups is 1. The van der Waals surface area contributed by atoms with Gasteiger partial charge in [-0.25, -0.2) is 4.99 Å². The zero-order valence-electron chi connectivity index (χ0n) is 13.6. The molecule has 0 radical (unpaired) electrons. The molecule has 4 heteroatoms. The number of nitrogens with one attached hydrogen (secondary N) is 2. The van der Waals surface area contributed by atoms with Crippen molar-refractivity contribution in [2.75, 3.05) is 26.3 Å². The highest BCUT2D eigenvalue weighted by Gasteiger charge is 1.98. The minimum Gasteiger partial charge on any atom is -0.380 e. The van der Waals surface area contributed by atoms with Crippen LogP contribution in [0, 0.1) is 6.92 Å². The van der Waals surface area contributed by atoms with E-state index in [2.05, 4.69) is 53.7 Å². The highest BCUT2D eigenvalue weighted by atomic mass is 16.5. The van der Waals surface area contributed by atoms with E-state index < -0.39 is 0 Å². The summed E-state index contributed by atoms with van der Waals surface area (Å²) in [5, 5.41) is 6.67. The predicted molar refractivity (Wildman–Crippen MR) is 89.7 cm³/mol. The van der Waals surface area contributed by atoms with Crippen LogP contribution < -0.4 is 10.6 Å². The van der Waals surface area contributed by atoms with Gasteiger partial charge >= 0.3 is 0 Å². The van der Waals surface area contributed by atoms with Gasteiger partial charge in [-0.1, -0.05) is 43.2 Å². The van der Waals surface area contributed by atoms with Gasteiger partial charge in [0.25, 0.3) is 0 Å². The van der Waals surface area contributed by atoms with Crippen LogP contribution in [0.15, 0.2) is 29.3 Å². The number of unbranched alkanes of at least 4 members (excludes halogenated alkanes) is 1. The van der Waals surface area contributed by atoms with Gasteiger partial charge in [0.2, 0.25) is 0 Å². The molecular weight excluding hydrogens is 262 g/mol. The quantitative estimate of drug-likeness (QED) is 0.418. The average molecular weight is 291 g/mol. The molecule has 0 amide bonds. The molecule has 0 aromatic heterocycles. The molecule has 0 atom stereocenters. The molecular formula is C17H29N3O. The molecule has 1 aromatic carbocycles. The molecule has 0 aliphatic rings. The van der Waals surface area contributed by atoms with Gasteiger partial charge in [0, 0.05) is 19.7 Å². The number of nitrogens with zero attached hydrogens (tertiary/aromatic N) is 1. The second kappa shape index (κ2) is 11.1. The Morgan fingerprint density at radius 2 is 1.81 bits per heavy atom. The summed E-state index contributed by atoms with van der Waals surface area (Å²) in [4.78, 5) is 4.63. The molecule has 0 aliphatic carbocycles. The first-order chi connectivity index (χ1) is 10.3. The predicted octanol–water partition coefficient (Wildman–Crippen LogP) is 2.87. The van der Waals surface area contributed by atoms with Gasteiger partial charge in [-0.15, -0.1) is 0 Å². The van der Waals surface area contributed by atoms with Crippen molar-refractivity contribution in [3.05, 3.63) is 35.4 Å². The summed E-state index contributed by atoms with van der Waals surface area (Å²) < 4.78 is 5.34. The van der Waals surface area contributed by atoms with Gasteiger partial charge in [0.05, 0.1) is 13.2 Å². The molecule has 0 heterocycles. The van der Waals surface area contributed by atoms with Crippen LogP contribution in [0.2, 0.25) is 0 Å². The van der Waals surface area contributed by atoms with Gasteiger partial charge in [0.1, 0.15) is 0 Å². The van der Waals surface area contributed by atoms with E-state index in [9.17, 15) is 0 Å². The minimum atomic E-state index is 0.691.